The van der Waals surface area contributed by atoms with Gasteiger partial charge in [-0.3, -0.25) is 9.59 Å². The molecule has 2 N–H and O–H groups in total. The zero-order chi connectivity index (χ0) is 19.4. The number of fused-ring (bicyclic) bond motifs is 1. The SMILES string of the molecule is CC(=NNC(=O)C(=O)Nc1ccc(Cl)c(Cl)c1)c1cccc2ccccc12. The highest BCUT2D eigenvalue weighted by Crippen LogP contribution is 2.25. The van der Waals surface area contributed by atoms with E-state index in [9.17, 15) is 9.59 Å². The number of anilines is 1. The molecule has 0 aliphatic carbocycles. The zero-order valence-electron chi connectivity index (χ0n) is 14.3. The smallest absolute Gasteiger partial charge is 0.318 e. The number of benzene rings is 3. The molecule has 0 aliphatic rings. The third-order valence-electron chi connectivity index (χ3n) is 3.89. The van der Waals surface area contributed by atoms with Crippen LogP contribution in [0.15, 0.2) is 65.8 Å². The number of halogens is 2. The van der Waals surface area contributed by atoms with E-state index >= 15 is 0 Å². The average molecular weight is 400 g/mol. The second-order valence-corrected chi connectivity index (χ2v) is 6.56. The van der Waals surface area contributed by atoms with Gasteiger partial charge in [0, 0.05) is 11.3 Å². The molecule has 0 unspecified atom stereocenters. The van der Waals surface area contributed by atoms with Gasteiger partial charge >= 0.3 is 11.8 Å². The Morgan fingerprint density at radius 3 is 2.41 bits per heavy atom. The van der Waals surface area contributed by atoms with Crippen molar-refractivity contribution in [3.05, 3.63) is 76.3 Å². The first-order chi connectivity index (χ1) is 13.0. The van der Waals surface area contributed by atoms with E-state index in [0.717, 1.165) is 16.3 Å². The third-order valence-corrected chi connectivity index (χ3v) is 4.63. The second kappa shape index (κ2) is 8.20. The number of carbonyl (C=O) groups excluding carboxylic acids is 2. The van der Waals surface area contributed by atoms with Gasteiger partial charge in [-0.15, -0.1) is 0 Å². The summed E-state index contributed by atoms with van der Waals surface area (Å²) in [7, 11) is 0. The van der Waals surface area contributed by atoms with Crippen molar-refractivity contribution >= 4 is 57.2 Å². The van der Waals surface area contributed by atoms with Crippen LogP contribution in [-0.2, 0) is 9.59 Å². The van der Waals surface area contributed by atoms with Crippen LogP contribution < -0.4 is 10.7 Å². The van der Waals surface area contributed by atoms with Crippen LogP contribution in [0.25, 0.3) is 10.8 Å². The van der Waals surface area contributed by atoms with E-state index in [-0.39, 0.29) is 5.02 Å². The number of amides is 2. The molecule has 0 spiro atoms. The highest BCUT2D eigenvalue weighted by atomic mass is 35.5. The monoisotopic (exact) mass is 399 g/mol. The lowest BCUT2D eigenvalue weighted by Gasteiger charge is -2.07. The summed E-state index contributed by atoms with van der Waals surface area (Å²) in [5.74, 6) is -1.75. The predicted molar refractivity (Wildman–Crippen MR) is 109 cm³/mol. The van der Waals surface area contributed by atoms with E-state index in [1.807, 2.05) is 42.5 Å². The molecule has 3 aromatic carbocycles. The van der Waals surface area contributed by atoms with E-state index in [4.69, 9.17) is 23.2 Å². The van der Waals surface area contributed by atoms with Crippen molar-refractivity contribution in [3.63, 3.8) is 0 Å². The van der Waals surface area contributed by atoms with Crippen molar-refractivity contribution < 1.29 is 9.59 Å². The number of carbonyl (C=O) groups is 2. The summed E-state index contributed by atoms with van der Waals surface area (Å²) in [5, 5.41) is 9.19. The minimum absolute atomic E-state index is 0.277. The molecule has 3 rings (SSSR count). The first-order valence-electron chi connectivity index (χ1n) is 8.04. The molecule has 2 amide bonds. The summed E-state index contributed by atoms with van der Waals surface area (Å²) in [6, 6.07) is 18.2. The number of nitrogens with one attached hydrogen (secondary N) is 2. The Morgan fingerprint density at radius 1 is 0.889 bits per heavy atom. The van der Waals surface area contributed by atoms with Crippen LogP contribution in [0, 0.1) is 0 Å². The van der Waals surface area contributed by atoms with Crippen molar-refractivity contribution in [1.29, 1.82) is 0 Å². The maximum atomic E-state index is 12.0. The van der Waals surface area contributed by atoms with Crippen LogP contribution in [0.4, 0.5) is 5.69 Å². The second-order valence-electron chi connectivity index (χ2n) is 5.75. The zero-order valence-corrected chi connectivity index (χ0v) is 15.8. The molecular weight excluding hydrogens is 385 g/mol. The summed E-state index contributed by atoms with van der Waals surface area (Å²) in [6.45, 7) is 1.76. The van der Waals surface area contributed by atoms with E-state index in [1.165, 1.54) is 12.1 Å². The average Bonchev–Trinajstić information content (AvgIpc) is 2.68. The van der Waals surface area contributed by atoms with Gasteiger partial charge in [0.05, 0.1) is 15.8 Å². The molecular formula is C20H15Cl2N3O2. The maximum absolute atomic E-state index is 12.0. The molecule has 0 bridgehead atoms. The lowest BCUT2D eigenvalue weighted by atomic mass is 10.0. The Morgan fingerprint density at radius 2 is 1.63 bits per heavy atom. The molecule has 0 fully saturated rings. The van der Waals surface area contributed by atoms with E-state index in [2.05, 4.69) is 15.8 Å². The first-order valence-corrected chi connectivity index (χ1v) is 8.80. The van der Waals surface area contributed by atoms with Gasteiger partial charge in [0.15, 0.2) is 0 Å². The van der Waals surface area contributed by atoms with Gasteiger partial charge in [-0.25, -0.2) is 5.43 Å². The summed E-state index contributed by atoms with van der Waals surface area (Å²) in [5.41, 5.74) is 4.09. The fourth-order valence-electron chi connectivity index (χ4n) is 2.55. The van der Waals surface area contributed by atoms with Crippen molar-refractivity contribution in [2.24, 2.45) is 5.10 Å². The standard InChI is InChI=1S/C20H15Cl2N3O2/c1-12(15-8-4-6-13-5-2-3-7-16(13)15)24-25-20(27)19(26)23-14-9-10-17(21)18(22)11-14/h2-11H,1H3,(H,23,26)(H,25,27). The molecule has 3 aromatic rings. The molecule has 0 saturated carbocycles. The summed E-state index contributed by atoms with van der Waals surface area (Å²) < 4.78 is 0. The van der Waals surface area contributed by atoms with E-state index < -0.39 is 11.8 Å². The molecule has 5 nitrogen and oxygen atoms in total. The molecule has 0 aromatic heterocycles. The van der Waals surface area contributed by atoms with Crippen LogP contribution in [0.2, 0.25) is 10.0 Å². The van der Waals surface area contributed by atoms with Crippen LogP contribution in [0.1, 0.15) is 12.5 Å². The lowest BCUT2D eigenvalue weighted by molar-refractivity contribution is -0.136. The molecule has 136 valence electrons. The number of rotatable bonds is 3. The van der Waals surface area contributed by atoms with Crippen molar-refractivity contribution in [2.45, 2.75) is 6.92 Å². The number of nitrogens with zero attached hydrogens (tertiary/aromatic N) is 1. The van der Waals surface area contributed by atoms with Crippen LogP contribution >= 0.6 is 23.2 Å². The quantitative estimate of drug-likeness (QED) is 0.383. The van der Waals surface area contributed by atoms with Crippen LogP contribution in [-0.4, -0.2) is 17.5 Å². The van der Waals surface area contributed by atoms with Gasteiger partial charge in [-0.05, 0) is 35.9 Å². The van der Waals surface area contributed by atoms with Crippen molar-refractivity contribution in [3.8, 4) is 0 Å². The molecule has 0 aliphatic heterocycles. The minimum atomic E-state index is -0.888. The lowest BCUT2D eigenvalue weighted by Crippen LogP contribution is -2.32. The Hall–Kier alpha value is -2.89. The molecule has 0 saturated heterocycles. The number of hydrazone groups is 1. The van der Waals surface area contributed by atoms with Crippen LogP contribution in [0.5, 0.6) is 0 Å². The number of hydrogen-bond donors (Lipinski definition) is 2. The van der Waals surface area contributed by atoms with E-state index in [0.29, 0.717) is 16.4 Å². The fourth-order valence-corrected chi connectivity index (χ4v) is 2.85. The van der Waals surface area contributed by atoms with Crippen molar-refractivity contribution in [2.75, 3.05) is 5.32 Å². The van der Waals surface area contributed by atoms with Gasteiger partial charge in [0.2, 0.25) is 0 Å². The molecule has 27 heavy (non-hydrogen) atoms. The van der Waals surface area contributed by atoms with Gasteiger partial charge < -0.3 is 5.32 Å². The van der Waals surface area contributed by atoms with Gasteiger partial charge in [0.25, 0.3) is 0 Å². The maximum Gasteiger partial charge on any atom is 0.329 e. The summed E-state index contributed by atoms with van der Waals surface area (Å²) in [6.07, 6.45) is 0. The van der Waals surface area contributed by atoms with Gasteiger partial charge in [-0.2, -0.15) is 5.10 Å². The Balaban J connectivity index is 1.71. The molecule has 7 heteroatoms. The highest BCUT2D eigenvalue weighted by Gasteiger charge is 2.14. The topological polar surface area (TPSA) is 70.6 Å². The summed E-state index contributed by atoms with van der Waals surface area (Å²) in [4.78, 5) is 24.0. The van der Waals surface area contributed by atoms with Gasteiger partial charge in [-0.1, -0.05) is 65.7 Å². The molecule has 0 heterocycles. The Labute approximate surface area is 166 Å². The molecule has 0 atom stereocenters. The fraction of sp³-hybridized carbons (Fsp3) is 0.0500. The predicted octanol–water partition coefficient (Wildman–Crippen LogP) is 4.63. The highest BCUT2D eigenvalue weighted by molar-refractivity contribution is 6.43. The normalized spacial score (nSPS) is 11.3. The number of hydrogen-bond acceptors (Lipinski definition) is 3. The largest absolute Gasteiger partial charge is 0.329 e. The third kappa shape index (κ3) is 4.45. The molecule has 0 radical (unpaired) electrons. The van der Waals surface area contributed by atoms with Crippen LogP contribution in [0.3, 0.4) is 0 Å². The Bertz CT molecular complexity index is 1060. The minimum Gasteiger partial charge on any atom is -0.318 e. The first kappa shape index (κ1) is 18.9. The van der Waals surface area contributed by atoms with Crippen molar-refractivity contribution in [1.82, 2.24) is 5.43 Å². The Kier molecular flexibility index (Phi) is 5.74. The summed E-state index contributed by atoms with van der Waals surface area (Å²) >= 11 is 11.7. The van der Waals surface area contributed by atoms with E-state index in [1.54, 1.807) is 13.0 Å². The van der Waals surface area contributed by atoms with Gasteiger partial charge in [0.1, 0.15) is 0 Å².